The number of amides is 1. The third kappa shape index (κ3) is 2.65. The molecule has 1 saturated heterocycles. The van der Waals surface area contributed by atoms with E-state index in [1.54, 1.807) is 4.90 Å². The van der Waals surface area contributed by atoms with Crippen LogP contribution in [0.1, 0.15) is 40.2 Å². The van der Waals surface area contributed by atoms with E-state index in [1.807, 2.05) is 36.5 Å². The summed E-state index contributed by atoms with van der Waals surface area (Å²) in [4.78, 5) is 19.0. The molecule has 5 heteroatoms. The highest BCUT2D eigenvalue weighted by atomic mass is 16.5. The van der Waals surface area contributed by atoms with Gasteiger partial charge in [-0.05, 0) is 48.4 Å². The van der Waals surface area contributed by atoms with Gasteiger partial charge in [0.25, 0.3) is 5.91 Å². The topological polar surface area (TPSA) is 68.5 Å². The van der Waals surface area contributed by atoms with Crippen molar-refractivity contribution in [3.8, 4) is 0 Å². The van der Waals surface area contributed by atoms with Gasteiger partial charge in [0.05, 0.1) is 5.69 Å². The van der Waals surface area contributed by atoms with Gasteiger partial charge in [0.2, 0.25) is 0 Å². The molecule has 1 aromatic carbocycles. The van der Waals surface area contributed by atoms with E-state index >= 15 is 0 Å². The van der Waals surface area contributed by atoms with Gasteiger partial charge in [-0.25, -0.2) is 4.98 Å². The number of ether oxygens (including phenoxy) is 1. The summed E-state index contributed by atoms with van der Waals surface area (Å²) >= 11 is 0. The lowest BCUT2D eigenvalue weighted by Crippen LogP contribution is -2.38. The molecule has 1 aromatic heterocycles. The zero-order valence-electron chi connectivity index (χ0n) is 13.6. The SMILES string of the molecule is Nc1ncc(C2CCOCC2)cc1N1CCc2ccccc2C1=O. The number of anilines is 2. The van der Waals surface area contributed by atoms with Crippen LogP contribution in [0.4, 0.5) is 11.5 Å². The predicted octanol–water partition coefficient (Wildman–Crippen LogP) is 2.76. The number of benzene rings is 1. The molecular weight excluding hydrogens is 302 g/mol. The van der Waals surface area contributed by atoms with Gasteiger partial charge in [0.15, 0.2) is 0 Å². The smallest absolute Gasteiger partial charge is 0.258 e. The van der Waals surface area contributed by atoms with Crippen molar-refractivity contribution in [1.29, 1.82) is 0 Å². The number of pyridine rings is 1. The maximum absolute atomic E-state index is 12.9. The number of aromatic nitrogens is 1. The van der Waals surface area contributed by atoms with Crippen molar-refractivity contribution in [1.82, 2.24) is 4.98 Å². The number of fused-ring (bicyclic) bond motifs is 1. The molecule has 0 atom stereocenters. The Balaban J connectivity index is 1.67. The summed E-state index contributed by atoms with van der Waals surface area (Å²) in [6.45, 7) is 2.19. The molecule has 0 bridgehead atoms. The Morgan fingerprint density at radius 1 is 1.21 bits per heavy atom. The number of hydrogen-bond acceptors (Lipinski definition) is 4. The Hall–Kier alpha value is -2.40. The molecule has 2 aliphatic rings. The quantitative estimate of drug-likeness (QED) is 0.923. The predicted molar refractivity (Wildman–Crippen MR) is 93.3 cm³/mol. The second-order valence-corrected chi connectivity index (χ2v) is 6.42. The van der Waals surface area contributed by atoms with Crippen molar-refractivity contribution in [2.45, 2.75) is 25.2 Å². The fourth-order valence-electron chi connectivity index (χ4n) is 3.61. The number of nitrogen functional groups attached to an aromatic ring is 1. The summed E-state index contributed by atoms with van der Waals surface area (Å²) in [7, 11) is 0. The van der Waals surface area contributed by atoms with E-state index in [-0.39, 0.29) is 5.91 Å². The van der Waals surface area contributed by atoms with E-state index in [4.69, 9.17) is 10.5 Å². The maximum Gasteiger partial charge on any atom is 0.258 e. The van der Waals surface area contributed by atoms with Crippen LogP contribution in [-0.2, 0) is 11.2 Å². The number of carbonyl (C=O) groups excluding carboxylic acids is 1. The number of nitrogens with zero attached hydrogens (tertiary/aromatic N) is 2. The summed E-state index contributed by atoms with van der Waals surface area (Å²) in [6, 6.07) is 9.83. The fourth-order valence-corrected chi connectivity index (χ4v) is 3.61. The Morgan fingerprint density at radius 2 is 2.00 bits per heavy atom. The minimum absolute atomic E-state index is 0.00878. The maximum atomic E-state index is 12.9. The summed E-state index contributed by atoms with van der Waals surface area (Å²) in [5, 5.41) is 0. The number of nitrogens with two attached hydrogens (primary N) is 1. The highest BCUT2D eigenvalue weighted by Crippen LogP contribution is 2.33. The van der Waals surface area contributed by atoms with E-state index in [9.17, 15) is 4.79 Å². The van der Waals surface area contributed by atoms with Crippen molar-refractivity contribution in [2.75, 3.05) is 30.4 Å². The second-order valence-electron chi connectivity index (χ2n) is 6.42. The second kappa shape index (κ2) is 6.24. The Bertz CT molecular complexity index is 769. The largest absolute Gasteiger partial charge is 0.382 e. The average Bonchev–Trinajstić information content (AvgIpc) is 2.64. The molecule has 2 N–H and O–H groups in total. The summed E-state index contributed by atoms with van der Waals surface area (Å²) in [5.41, 5.74) is 9.85. The molecule has 1 amide bonds. The van der Waals surface area contributed by atoms with Crippen molar-refractivity contribution in [2.24, 2.45) is 0 Å². The van der Waals surface area contributed by atoms with Crippen LogP contribution in [-0.4, -0.2) is 30.6 Å². The van der Waals surface area contributed by atoms with Crippen LogP contribution in [0.15, 0.2) is 36.5 Å². The lowest BCUT2D eigenvalue weighted by Gasteiger charge is -2.30. The first-order chi connectivity index (χ1) is 11.7. The minimum atomic E-state index is 0.00878. The van der Waals surface area contributed by atoms with Gasteiger partial charge in [-0.15, -0.1) is 0 Å². The molecule has 0 saturated carbocycles. The summed E-state index contributed by atoms with van der Waals surface area (Å²) in [6.07, 6.45) is 4.66. The van der Waals surface area contributed by atoms with Gasteiger partial charge in [-0.2, -0.15) is 0 Å². The lowest BCUT2D eigenvalue weighted by molar-refractivity contribution is 0.0852. The zero-order chi connectivity index (χ0) is 16.5. The molecule has 2 aromatic rings. The highest BCUT2D eigenvalue weighted by Gasteiger charge is 2.27. The first kappa shape index (κ1) is 15.1. The lowest BCUT2D eigenvalue weighted by atomic mass is 9.92. The highest BCUT2D eigenvalue weighted by molar-refractivity contribution is 6.09. The van der Waals surface area contributed by atoms with E-state index < -0.39 is 0 Å². The van der Waals surface area contributed by atoms with Gasteiger partial charge >= 0.3 is 0 Å². The number of rotatable bonds is 2. The van der Waals surface area contributed by atoms with Crippen molar-refractivity contribution >= 4 is 17.4 Å². The van der Waals surface area contributed by atoms with E-state index in [0.29, 0.717) is 18.3 Å². The van der Waals surface area contributed by atoms with Gasteiger partial charge in [0, 0.05) is 31.5 Å². The molecule has 0 radical (unpaired) electrons. The molecule has 3 heterocycles. The summed E-state index contributed by atoms with van der Waals surface area (Å²) < 4.78 is 5.44. The first-order valence-electron chi connectivity index (χ1n) is 8.47. The molecule has 124 valence electrons. The van der Waals surface area contributed by atoms with Crippen LogP contribution in [0.2, 0.25) is 0 Å². The zero-order valence-corrected chi connectivity index (χ0v) is 13.6. The van der Waals surface area contributed by atoms with Crippen molar-refractivity contribution in [3.05, 3.63) is 53.2 Å². The number of carbonyl (C=O) groups is 1. The fraction of sp³-hybridized carbons (Fsp3) is 0.368. The van der Waals surface area contributed by atoms with Crippen molar-refractivity contribution < 1.29 is 9.53 Å². The van der Waals surface area contributed by atoms with E-state index in [2.05, 4.69) is 4.98 Å². The van der Waals surface area contributed by atoms with Crippen LogP contribution < -0.4 is 10.6 Å². The molecule has 0 unspecified atom stereocenters. The molecule has 2 aliphatic heterocycles. The Morgan fingerprint density at radius 3 is 2.83 bits per heavy atom. The molecule has 5 nitrogen and oxygen atoms in total. The van der Waals surface area contributed by atoms with Crippen LogP contribution in [0, 0.1) is 0 Å². The van der Waals surface area contributed by atoms with Gasteiger partial charge < -0.3 is 15.4 Å². The normalized spacial score (nSPS) is 18.5. The monoisotopic (exact) mass is 323 g/mol. The molecule has 0 spiro atoms. The molecule has 24 heavy (non-hydrogen) atoms. The Kier molecular flexibility index (Phi) is 3.94. The van der Waals surface area contributed by atoms with Crippen LogP contribution in [0.25, 0.3) is 0 Å². The standard InChI is InChI=1S/C19H21N3O2/c20-18-17(11-15(12-21-18)13-6-9-24-10-7-13)22-8-5-14-3-1-2-4-16(14)19(22)23/h1-4,11-13H,5-10H2,(H2,20,21). The minimum Gasteiger partial charge on any atom is -0.382 e. The average molecular weight is 323 g/mol. The summed E-state index contributed by atoms with van der Waals surface area (Å²) in [5.74, 6) is 0.853. The van der Waals surface area contributed by atoms with Crippen LogP contribution >= 0.6 is 0 Å². The van der Waals surface area contributed by atoms with Crippen LogP contribution in [0.5, 0.6) is 0 Å². The van der Waals surface area contributed by atoms with Gasteiger partial charge in [0.1, 0.15) is 5.82 Å². The number of hydrogen-bond donors (Lipinski definition) is 1. The Labute approximate surface area is 141 Å². The van der Waals surface area contributed by atoms with Crippen molar-refractivity contribution in [3.63, 3.8) is 0 Å². The molecular formula is C19H21N3O2. The molecule has 1 fully saturated rings. The van der Waals surface area contributed by atoms with Gasteiger partial charge in [-0.1, -0.05) is 18.2 Å². The van der Waals surface area contributed by atoms with Crippen LogP contribution in [0.3, 0.4) is 0 Å². The third-order valence-corrected chi connectivity index (χ3v) is 5.00. The van der Waals surface area contributed by atoms with E-state index in [0.717, 1.165) is 54.9 Å². The molecule has 4 rings (SSSR count). The molecule has 0 aliphatic carbocycles. The first-order valence-corrected chi connectivity index (χ1v) is 8.47. The van der Waals surface area contributed by atoms with Gasteiger partial charge in [-0.3, -0.25) is 4.79 Å². The third-order valence-electron chi connectivity index (χ3n) is 5.00. The van der Waals surface area contributed by atoms with E-state index in [1.165, 1.54) is 0 Å².